The van der Waals surface area contributed by atoms with Crippen LogP contribution in [-0.2, 0) is 9.53 Å². The lowest BCUT2D eigenvalue weighted by atomic mass is 10.1. The van der Waals surface area contributed by atoms with Crippen LogP contribution in [0.2, 0.25) is 0 Å². The first-order valence-electron chi connectivity index (χ1n) is 4.78. The van der Waals surface area contributed by atoms with Crippen molar-refractivity contribution in [1.82, 2.24) is 4.90 Å². The summed E-state index contributed by atoms with van der Waals surface area (Å²) in [5.74, 6) is -0.663. The molecule has 0 radical (unpaired) electrons. The number of carbonyl (C=O) groups is 2. The van der Waals surface area contributed by atoms with Gasteiger partial charge in [-0.2, -0.15) is 0 Å². The SMILES string of the molecule is CC(C)[C@H](N)C(=O)OC(=O)N1CCC1. The van der Waals surface area contributed by atoms with Crippen molar-refractivity contribution in [3.8, 4) is 0 Å². The van der Waals surface area contributed by atoms with E-state index in [-0.39, 0.29) is 5.92 Å². The smallest absolute Gasteiger partial charge is 0.375 e. The van der Waals surface area contributed by atoms with Gasteiger partial charge < -0.3 is 15.4 Å². The third-order valence-electron chi connectivity index (χ3n) is 2.29. The first-order valence-corrected chi connectivity index (χ1v) is 4.78. The molecule has 0 aromatic carbocycles. The number of amides is 1. The Morgan fingerprint density at radius 2 is 1.93 bits per heavy atom. The molecule has 1 rings (SSSR count). The van der Waals surface area contributed by atoms with Crippen molar-refractivity contribution in [3.05, 3.63) is 0 Å². The van der Waals surface area contributed by atoms with E-state index in [1.807, 2.05) is 0 Å². The Morgan fingerprint density at radius 3 is 2.29 bits per heavy atom. The predicted octanol–water partition coefficient (Wildman–Crippen LogP) is 0.339. The van der Waals surface area contributed by atoms with E-state index in [0.717, 1.165) is 6.42 Å². The van der Waals surface area contributed by atoms with Crippen molar-refractivity contribution in [3.63, 3.8) is 0 Å². The Labute approximate surface area is 83.2 Å². The Bertz CT molecular complexity index is 236. The maximum Gasteiger partial charge on any atom is 0.417 e. The van der Waals surface area contributed by atoms with Crippen LogP contribution in [-0.4, -0.2) is 36.1 Å². The molecule has 1 aliphatic rings. The van der Waals surface area contributed by atoms with Crippen LogP contribution >= 0.6 is 0 Å². The molecule has 1 aliphatic heterocycles. The number of nitrogens with zero attached hydrogens (tertiary/aromatic N) is 1. The number of likely N-dealkylation sites (tertiary alicyclic amines) is 1. The first-order chi connectivity index (χ1) is 6.52. The molecule has 1 atom stereocenters. The van der Waals surface area contributed by atoms with Crippen molar-refractivity contribution >= 4 is 12.1 Å². The van der Waals surface area contributed by atoms with Gasteiger partial charge >= 0.3 is 12.1 Å². The van der Waals surface area contributed by atoms with Gasteiger partial charge in [0.15, 0.2) is 0 Å². The molecular formula is C9H16N2O3. The predicted molar refractivity (Wildman–Crippen MR) is 50.5 cm³/mol. The molecule has 1 heterocycles. The molecule has 2 N–H and O–H groups in total. The summed E-state index contributed by atoms with van der Waals surface area (Å²) in [4.78, 5) is 23.9. The lowest BCUT2D eigenvalue weighted by molar-refractivity contribution is -0.141. The molecular weight excluding hydrogens is 184 g/mol. The summed E-state index contributed by atoms with van der Waals surface area (Å²) in [5, 5.41) is 0. The molecule has 5 heteroatoms. The zero-order valence-corrected chi connectivity index (χ0v) is 8.53. The van der Waals surface area contributed by atoms with Crippen LogP contribution in [0, 0.1) is 5.92 Å². The normalized spacial score (nSPS) is 17.6. The molecule has 0 aliphatic carbocycles. The number of rotatable bonds is 2. The van der Waals surface area contributed by atoms with Crippen LogP contribution in [0.15, 0.2) is 0 Å². The molecule has 1 saturated heterocycles. The Morgan fingerprint density at radius 1 is 1.36 bits per heavy atom. The summed E-state index contributed by atoms with van der Waals surface area (Å²) >= 11 is 0. The van der Waals surface area contributed by atoms with Gasteiger partial charge in [-0.3, -0.25) is 0 Å². The molecule has 80 valence electrons. The Kier molecular flexibility index (Phi) is 3.46. The highest BCUT2D eigenvalue weighted by molar-refractivity contribution is 5.87. The van der Waals surface area contributed by atoms with E-state index in [2.05, 4.69) is 4.74 Å². The molecule has 0 unspecified atom stereocenters. The van der Waals surface area contributed by atoms with Crippen molar-refractivity contribution in [2.24, 2.45) is 11.7 Å². The molecule has 1 fully saturated rings. The van der Waals surface area contributed by atoms with Crippen molar-refractivity contribution in [2.75, 3.05) is 13.1 Å². The minimum atomic E-state index is -0.722. The van der Waals surface area contributed by atoms with Crippen LogP contribution in [0.3, 0.4) is 0 Å². The van der Waals surface area contributed by atoms with Crippen LogP contribution < -0.4 is 5.73 Å². The molecule has 14 heavy (non-hydrogen) atoms. The minimum absolute atomic E-state index is 0.0216. The second kappa shape index (κ2) is 4.41. The molecule has 5 nitrogen and oxygen atoms in total. The number of hydrogen-bond donors (Lipinski definition) is 1. The fourth-order valence-electron chi connectivity index (χ4n) is 0.990. The molecule has 0 aromatic rings. The molecule has 1 amide bonds. The van der Waals surface area contributed by atoms with Crippen molar-refractivity contribution in [1.29, 1.82) is 0 Å². The molecule has 0 saturated carbocycles. The highest BCUT2D eigenvalue weighted by Crippen LogP contribution is 2.09. The lowest BCUT2D eigenvalue weighted by Gasteiger charge is -2.29. The second-order valence-electron chi connectivity index (χ2n) is 3.80. The summed E-state index contributed by atoms with van der Waals surface area (Å²) in [6, 6.07) is -0.722. The number of esters is 1. The van der Waals surface area contributed by atoms with Gasteiger partial charge in [-0.05, 0) is 12.3 Å². The van der Waals surface area contributed by atoms with E-state index >= 15 is 0 Å². The average molecular weight is 200 g/mol. The van der Waals surface area contributed by atoms with E-state index in [0.29, 0.717) is 13.1 Å². The van der Waals surface area contributed by atoms with Crippen LogP contribution in [0.1, 0.15) is 20.3 Å². The summed E-state index contributed by atoms with van der Waals surface area (Å²) in [7, 11) is 0. The maximum atomic E-state index is 11.2. The molecule has 0 bridgehead atoms. The number of hydrogen-bond acceptors (Lipinski definition) is 4. The van der Waals surface area contributed by atoms with Gasteiger partial charge in [0.2, 0.25) is 0 Å². The number of nitrogens with two attached hydrogens (primary N) is 1. The zero-order chi connectivity index (χ0) is 10.7. The first kappa shape index (κ1) is 11.0. The highest BCUT2D eigenvalue weighted by Gasteiger charge is 2.27. The van der Waals surface area contributed by atoms with E-state index in [1.54, 1.807) is 13.8 Å². The summed E-state index contributed by atoms with van der Waals surface area (Å²) in [6.07, 6.45) is 0.400. The van der Waals surface area contributed by atoms with E-state index in [4.69, 9.17) is 5.73 Å². The fourth-order valence-corrected chi connectivity index (χ4v) is 0.990. The second-order valence-corrected chi connectivity index (χ2v) is 3.80. The van der Waals surface area contributed by atoms with E-state index in [9.17, 15) is 9.59 Å². The third kappa shape index (κ3) is 2.45. The summed E-state index contributed by atoms with van der Waals surface area (Å²) < 4.78 is 4.60. The third-order valence-corrected chi connectivity index (χ3v) is 2.29. The molecule has 0 spiro atoms. The van der Waals surface area contributed by atoms with Gasteiger partial charge in [-0.25, -0.2) is 9.59 Å². The molecule has 0 aromatic heterocycles. The zero-order valence-electron chi connectivity index (χ0n) is 8.53. The van der Waals surface area contributed by atoms with Gasteiger partial charge in [0.25, 0.3) is 0 Å². The van der Waals surface area contributed by atoms with Crippen molar-refractivity contribution < 1.29 is 14.3 Å². The van der Waals surface area contributed by atoms with Crippen molar-refractivity contribution in [2.45, 2.75) is 26.3 Å². The number of ether oxygens (including phenoxy) is 1. The highest BCUT2D eigenvalue weighted by atomic mass is 16.6. The van der Waals surface area contributed by atoms with Gasteiger partial charge in [0.1, 0.15) is 6.04 Å². The maximum absolute atomic E-state index is 11.2. The van der Waals surface area contributed by atoms with Crippen LogP contribution in [0.25, 0.3) is 0 Å². The number of carbonyl (C=O) groups excluding carboxylic acids is 2. The van der Waals surface area contributed by atoms with Gasteiger partial charge in [-0.15, -0.1) is 0 Å². The van der Waals surface area contributed by atoms with E-state index in [1.165, 1.54) is 4.90 Å². The average Bonchev–Trinajstić information content (AvgIpc) is 1.98. The van der Waals surface area contributed by atoms with Crippen LogP contribution in [0.4, 0.5) is 4.79 Å². The van der Waals surface area contributed by atoms with Gasteiger partial charge in [0.05, 0.1) is 0 Å². The standard InChI is InChI=1S/C9H16N2O3/c1-6(2)7(10)8(12)14-9(13)11-4-3-5-11/h6-7H,3-5,10H2,1-2H3/t7-/m0/s1. The Balaban J connectivity index is 2.35. The van der Waals surface area contributed by atoms with Crippen LogP contribution in [0.5, 0.6) is 0 Å². The quantitative estimate of drug-likeness (QED) is 0.515. The van der Waals surface area contributed by atoms with Gasteiger partial charge in [0, 0.05) is 13.1 Å². The van der Waals surface area contributed by atoms with Gasteiger partial charge in [-0.1, -0.05) is 13.8 Å². The van der Waals surface area contributed by atoms with E-state index < -0.39 is 18.1 Å². The summed E-state index contributed by atoms with van der Waals surface area (Å²) in [6.45, 7) is 4.95. The largest absolute Gasteiger partial charge is 0.417 e. The monoisotopic (exact) mass is 200 g/mol. The minimum Gasteiger partial charge on any atom is -0.375 e. The topological polar surface area (TPSA) is 72.6 Å². The Hall–Kier alpha value is -1.10. The lowest BCUT2D eigenvalue weighted by Crippen LogP contribution is -2.46. The summed E-state index contributed by atoms with van der Waals surface area (Å²) in [5.41, 5.74) is 5.52. The fraction of sp³-hybridized carbons (Fsp3) is 0.778.